The van der Waals surface area contributed by atoms with E-state index < -0.39 is 11.7 Å². The van der Waals surface area contributed by atoms with Crippen molar-refractivity contribution in [3.63, 3.8) is 0 Å². The van der Waals surface area contributed by atoms with Gasteiger partial charge < -0.3 is 15.4 Å². The molecular weight excluding hydrogens is 306 g/mol. The SMILES string of the molecule is CC(C)(C)OC(=O)NCCCC(=O)c1ccc(NC2CCC2)nc1. The fraction of sp³-hybridized carbons (Fsp3) is 0.611. The van der Waals surface area contributed by atoms with Crippen molar-refractivity contribution in [2.75, 3.05) is 11.9 Å². The van der Waals surface area contributed by atoms with Gasteiger partial charge >= 0.3 is 6.09 Å². The standard InChI is InChI=1S/C18H27N3O3/c1-18(2,3)24-17(23)19-11-5-8-15(22)13-9-10-16(20-12-13)21-14-6-4-7-14/h9-10,12,14H,4-8,11H2,1-3H3,(H,19,23)(H,20,21). The van der Waals surface area contributed by atoms with Gasteiger partial charge in [-0.1, -0.05) is 0 Å². The third kappa shape index (κ3) is 6.18. The Labute approximate surface area is 143 Å². The molecule has 1 aromatic heterocycles. The van der Waals surface area contributed by atoms with E-state index >= 15 is 0 Å². The monoisotopic (exact) mass is 333 g/mol. The smallest absolute Gasteiger partial charge is 0.407 e. The molecule has 0 aliphatic heterocycles. The van der Waals surface area contributed by atoms with E-state index in [9.17, 15) is 9.59 Å². The lowest BCUT2D eigenvalue weighted by Crippen LogP contribution is -2.33. The van der Waals surface area contributed by atoms with Crippen molar-refractivity contribution >= 4 is 17.7 Å². The molecule has 0 aromatic carbocycles. The average Bonchev–Trinajstić information content (AvgIpc) is 2.46. The van der Waals surface area contributed by atoms with Gasteiger partial charge in [0.2, 0.25) is 0 Å². The molecule has 1 aliphatic rings. The van der Waals surface area contributed by atoms with Crippen molar-refractivity contribution in [1.29, 1.82) is 0 Å². The summed E-state index contributed by atoms with van der Waals surface area (Å²) in [5.41, 5.74) is 0.0901. The van der Waals surface area contributed by atoms with E-state index in [1.54, 1.807) is 12.3 Å². The molecule has 6 nitrogen and oxygen atoms in total. The van der Waals surface area contributed by atoms with Gasteiger partial charge in [-0.15, -0.1) is 0 Å². The minimum atomic E-state index is -0.513. The molecule has 0 atom stereocenters. The number of ether oxygens (including phenoxy) is 1. The zero-order valence-corrected chi connectivity index (χ0v) is 14.7. The van der Waals surface area contributed by atoms with E-state index in [0.29, 0.717) is 31.0 Å². The highest BCUT2D eigenvalue weighted by Gasteiger charge is 2.17. The lowest BCUT2D eigenvalue weighted by molar-refractivity contribution is 0.0525. The number of amides is 1. The van der Waals surface area contributed by atoms with Gasteiger partial charge in [0, 0.05) is 30.8 Å². The summed E-state index contributed by atoms with van der Waals surface area (Å²) in [4.78, 5) is 27.9. The molecule has 0 unspecified atom stereocenters. The zero-order chi connectivity index (χ0) is 17.6. The Morgan fingerprint density at radius 1 is 1.29 bits per heavy atom. The number of pyridine rings is 1. The number of Topliss-reactive ketones (excluding diaryl/α,β-unsaturated/α-hetero) is 1. The Bertz CT molecular complexity index is 560. The number of ketones is 1. The third-order valence-corrected chi connectivity index (χ3v) is 3.79. The van der Waals surface area contributed by atoms with Crippen LogP contribution in [0, 0.1) is 0 Å². The number of aromatic nitrogens is 1. The number of hydrogen-bond donors (Lipinski definition) is 2. The van der Waals surface area contributed by atoms with Crippen LogP contribution in [0.2, 0.25) is 0 Å². The summed E-state index contributed by atoms with van der Waals surface area (Å²) in [6, 6.07) is 4.18. The molecule has 2 rings (SSSR count). The highest BCUT2D eigenvalue weighted by atomic mass is 16.6. The van der Waals surface area contributed by atoms with Crippen LogP contribution in [0.4, 0.5) is 10.6 Å². The van der Waals surface area contributed by atoms with Crippen LogP contribution < -0.4 is 10.6 Å². The van der Waals surface area contributed by atoms with Crippen LogP contribution in [0.3, 0.4) is 0 Å². The lowest BCUT2D eigenvalue weighted by atomic mass is 9.93. The molecule has 0 saturated heterocycles. The second-order valence-electron chi connectivity index (χ2n) is 7.16. The molecule has 0 radical (unpaired) electrons. The van der Waals surface area contributed by atoms with Crippen LogP contribution in [0.5, 0.6) is 0 Å². The number of hydrogen-bond acceptors (Lipinski definition) is 5. The molecule has 0 bridgehead atoms. The first-order chi connectivity index (χ1) is 11.3. The van der Waals surface area contributed by atoms with E-state index in [2.05, 4.69) is 15.6 Å². The predicted molar refractivity (Wildman–Crippen MR) is 93.3 cm³/mol. The van der Waals surface area contributed by atoms with E-state index in [4.69, 9.17) is 4.74 Å². The largest absolute Gasteiger partial charge is 0.444 e. The molecule has 24 heavy (non-hydrogen) atoms. The Balaban J connectivity index is 1.67. The van der Waals surface area contributed by atoms with Gasteiger partial charge in [0.15, 0.2) is 5.78 Å². The average molecular weight is 333 g/mol. The van der Waals surface area contributed by atoms with E-state index in [0.717, 1.165) is 5.82 Å². The van der Waals surface area contributed by atoms with Crippen molar-refractivity contribution < 1.29 is 14.3 Å². The van der Waals surface area contributed by atoms with Gasteiger partial charge in [-0.3, -0.25) is 4.79 Å². The van der Waals surface area contributed by atoms with Gasteiger partial charge in [0.05, 0.1) is 0 Å². The van der Waals surface area contributed by atoms with Gasteiger partial charge in [0.1, 0.15) is 11.4 Å². The van der Waals surface area contributed by atoms with Crippen LogP contribution in [0.1, 0.15) is 63.2 Å². The summed E-state index contributed by atoms with van der Waals surface area (Å²) in [6.07, 6.45) is 5.74. The van der Waals surface area contributed by atoms with Crippen molar-refractivity contribution in [2.45, 2.75) is 64.5 Å². The van der Waals surface area contributed by atoms with Crippen LogP contribution >= 0.6 is 0 Å². The number of carbonyl (C=O) groups is 2. The quantitative estimate of drug-likeness (QED) is 0.589. The predicted octanol–water partition coefficient (Wildman–Crippen LogP) is 3.53. The maximum absolute atomic E-state index is 12.1. The molecule has 1 fully saturated rings. The Hall–Kier alpha value is -2.11. The van der Waals surface area contributed by atoms with Gasteiger partial charge in [-0.05, 0) is 58.6 Å². The topological polar surface area (TPSA) is 80.3 Å². The minimum absolute atomic E-state index is 0.0312. The molecule has 132 valence electrons. The summed E-state index contributed by atoms with van der Waals surface area (Å²) >= 11 is 0. The molecule has 1 heterocycles. The van der Waals surface area contributed by atoms with Crippen LogP contribution in [-0.4, -0.2) is 35.0 Å². The second kappa shape index (κ2) is 8.13. The summed E-state index contributed by atoms with van der Waals surface area (Å²) in [6.45, 7) is 5.85. The van der Waals surface area contributed by atoms with Crippen LogP contribution in [-0.2, 0) is 4.74 Å². The van der Waals surface area contributed by atoms with Crippen molar-refractivity contribution in [3.05, 3.63) is 23.9 Å². The molecule has 1 amide bonds. The Morgan fingerprint density at radius 2 is 2.04 bits per heavy atom. The second-order valence-corrected chi connectivity index (χ2v) is 7.16. The highest BCUT2D eigenvalue weighted by Crippen LogP contribution is 2.22. The molecule has 1 aromatic rings. The Kier molecular flexibility index (Phi) is 6.17. The van der Waals surface area contributed by atoms with Crippen LogP contribution in [0.25, 0.3) is 0 Å². The molecule has 1 aliphatic carbocycles. The van der Waals surface area contributed by atoms with E-state index in [1.165, 1.54) is 19.3 Å². The van der Waals surface area contributed by atoms with Crippen molar-refractivity contribution in [1.82, 2.24) is 10.3 Å². The zero-order valence-electron chi connectivity index (χ0n) is 14.7. The summed E-state index contributed by atoms with van der Waals surface area (Å²) in [5, 5.41) is 5.99. The minimum Gasteiger partial charge on any atom is -0.444 e. The lowest BCUT2D eigenvalue weighted by Gasteiger charge is -2.26. The first-order valence-corrected chi connectivity index (χ1v) is 8.56. The maximum Gasteiger partial charge on any atom is 0.407 e. The fourth-order valence-electron chi connectivity index (χ4n) is 2.30. The van der Waals surface area contributed by atoms with Gasteiger partial charge in [-0.2, -0.15) is 0 Å². The Morgan fingerprint density at radius 3 is 2.58 bits per heavy atom. The molecule has 6 heteroatoms. The number of anilines is 1. The molecule has 0 spiro atoms. The van der Waals surface area contributed by atoms with Crippen LogP contribution in [0.15, 0.2) is 18.3 Å². The highest BCUT2D eigenvalue weighted by molar-refractivity contribution is 5.95. The van der Waals surface area contributed by atoms with E-state index in [-0.39, 0.29) is 5.78 Å². The molecule has 2 N–H and O–H groups in total. The number of carbonyl (C=O) groups excluding carboxylic acids is 2. The maximum atomic E-state index is 12.1. The van der Waals surface area contributed by atoms with Gasteiger partial charge in [0.25, 0.3) is 0 Å². The van der Waals surface area contributed by atoms with E-state index in [1.807, 2.05) is 26.8 Å². The summed E-state index contributed by atoms with van der Waals surface area (Å²) in [7, 11) is 0. The fourth-order valence-corrected chi connectivity index (χ4v) is 2.30. The summed E-state index contributed by atoms with van der Waals surface area (Å²) in [5.74, 6) is 0.853. The normalized spacial score (nSPS) is 14.6. The first kappa shape index (κ1) is 18.2. The molecular formula is C18H27N3O3. The number of rotatable bonds is 7. The van der Waals surface area contributed by atoms with Gasteiger partial charge in [-0.25, -0.2) is 9.78 Å². The number of alkyl carbamates (subject to hydrolysis) is 1. The number of nitrogens with zero attached hydrogens (tertiary/aromatic N) is 1. The van der Waals surface area contributed by atoms with Crippen molar-refractivity contribution in [3.8, 4) is 0 Å². The third-order valence-electron chi connectivity index (χ3n) is 3.79. The first-order valence-electron chi connectivity index (χ1n) is 8.56. The molecule has 1 saturated carbocycles. The van der Waals surface area contributed by atoms with Crippen molar-refractivity contribution in [2.24, 2.45) is 0 Å². The summed E-state index contributed by atoms with van der Waals surface area (Å²) < 4.78 is 5.14. The number of nitrogens with one attached hydrogen (secondary N) is 2.